The highest BCUT2D eigenvalue weighted by molar-refractivity contribution is 5.77. The molecule has 0 aliphatic carbocycles. The van der Waals surface area contributed by atoms with Gasteiger partial charge in [-0.3, -0.25) is 0 Å². The van der Waals surface area contributed by atoms with Crippen LogP contribution < -0.4 is 5.32 Å². The lowest BCUT2D eigenvalue weighted by Crippen LogP contribution is -2.34. The molecule has 0 fully saturated rings. The Morgan fingerprint density at radius 2 is 2.18 bits per heavy atom. The van der Waals surface area contributed by atoms with Gasteiger partial charge in [0.1, 0.15) is 18.2 Å². The quantitative estimate of drug-likeness (QED) is 0.791. The summed E-state index contributed by atoms with van der Waals surface area (Å²) in [4.78, 5) is 19.2. The van der Waals surface area contributed by atoms with Gasteiger partial charge in [0.15, 0.2) is 0 Å². The van der Waals surface area contributed by atoms with Gasteiger partial charge in [-0.05, 0) is 12.3 Å². The smallest absolute Gasteiger partial charge is 0.326 e. The normalized spacial score (nSPS) is 12.5. The summed E-state index contributed by atoms with van der Waals surface area (Å²) in [7, 11) is 0. The Morgan fingerprint density at radius 1 is 1.47 bits per heavy atom. The van der Waals surface area contributed by atoms with Crippen molar-refractivity contribution >= 4 is 11.8 Å². The maximum atomic E-state index is 11.1. The van der Waals surface area contributed by atoms with E-state index in [2.05, 4.69) is 22.2 Å². The summed E-state index contributed by atoms with van der Waals surface area (Å²) in [6.45, 7) is 5.79. The van der Waals surface area contributed by atoms with Crippen molar-refractivity contribution in [1.29, 1.82) is 0 Å². The number of nitrogens with one attached hydrogen (secondary N) is 1. The molecule has 0 saturated carbocycles. The fourth-order valence-electron chi connectivity index (χ4n) is 1.54. The summed E-state index contributed by atoms with van der Waals surface area (Å²) in [5.74, 6) is -0.294. The van der Waals surface area contributed by atoms with Gasteiger partial charge in [-0.15, -0.1) is 0 Å². The Kier molecular flexibility index (Phi) is 4.87. The average molecular weight is 237 g/mol. The summed E-state index contributed by atoms with van der Waals surface area (Å²) in [5.41, 5.74) is 0.929. The van der Waals surface area contributed by atoms with E-state index in [-0.39, 0.29) is 5.92 Å². The molecular formula is C12H19N3O2. The highest BCUT2D eigenvalue weighted by atomic mass is 16.4. The summed E-state index contributed by atoms with van der Waals surface area (Å²) in [6, 6.07) is 1.18. The van der Waals surface area contributed by atoms with Crippen LogP contribution in [0.2, 0.25) is 0 Å². The molecule has 17 heavy (non-hydrogen) atoms. The van der Waals surface area contributed by atoms with Crippen LogP contribution in [0.4, 0.5) is 5.82 Å². The second kappa shape index (κ2) is 6.18. The minimum atomic E-state index is -0.865. The molecule has 0 aliphatic rings. The molecule has 0 aromatic carbocycles. The van der Waals surface area contributed by atoms with Crippen molar-refractivity contribution in [2.45, 2.75) is 39.7 Å². The molecule has 5 heteroatoms. The van der Waals surface area contributed by atoms with Crippen LogP contribution in [0.15, 0.2) is 12.4 Å². The number of hydrogen-bond acceptors (Lipinski definition) is 4. The number of rotatable bonds is 6. The first-order valence-electron chi connectivity index (χ1n) is 5.84. The predicted molar refractivity (Wildman–Crippen MR) is 65.9 cm³/mol. The van der Waals surface area contributed by atoms with Crippen molar-refractivity contribution in [2.24, 2.45) is 5.92 Å². The molecule has 0 spiro atoms. The maximum absolute atomic E-state index is 11.1. The zero-order valence-electron chi connectivity index (χ0n) is 10.5. The summed E-state index contributed by atoms with van der Waals surface area (Å²) in [6.07, 6.45) is 3.34. The van der Waals surface area contributed by atoms with Gasteiger partial charge in [0.25, 0.3) is 0 Å². The van der Waals surface area contributed by atoms with Crippen LogP contribution in [-0.2, 0) is 11.2 Å². The number of aryl methyl sites for hydroxylation is 1. The minimum Gasteiger partial charge on any atom is -0.480 e. The second-order valence-corrected chi connectivity index (χ2v) is 4.35. The highest BCUT2D eigenvalue weighted by Crippen LogP contribution is 2.12. The van der Waals surface area contributed by atoms with Crippen LogP contribution in [0, 0.1) is 5.92 Å². The fraction of sp³-hybridized carbons (Fsp3) is 0.583. The van der Waals surface area contributed by atoms with Crippen molar-refractivity contribution in [1.82, 2.24) is 9.97 Å². The van der Waals surface area contributed by atoms with Crippen molar-refractivity contribution in [3.63, 3.8) is 0 Å². The Bertz CT molecular complexity index is 380. The van der Waals surface area contributed by atoms with Crippen molar-refractivity contribution in [3.8, 4) is 0 Å². The van der Waals surface area contributed by atoms with Gasteiger partial charge in [0, 0.05) is 11.8 Å². The summed E-state index contributed by atoms with van der Waals surface area (Å²) in [5, 5.41) is 12.0. The van der Waals surface area contributed by atoms with E-state index < -0.39 is 12.0 Å². The monoisotopic (exact) mass is 237 g/mol. The van der Waals surface area contributed by atoms with E-state index >= 15 is 0 Å². The summed E-state index contributed by atoms with van der Waals surface area (Å²) < 4.78 is 0. The van der Waals surface area contributed by atoms with Gasteiger partial charge in [-0.25, -0.2) is 14.8 Å². The first-order valence-corrected chi connectivity index (χ1v) is 5.84. The molecule has 5 nitrogen and oxygen atoms in total. The topological polar surface area (TPSA) is 75.1 Å². The molecule has 94 valence electrons. The Morgan fingerprint density at radius 3 is 2.71 bits per heavy atom. The molecule has 2 N–H and O–H groups in total. The van der Waals surface area contributed by atoms with E-state index in [1.807, 2.05) is 19.9 Å². The third kappa shape index (κ3) is 4.01. The van der Waals surface area contributed by atoms with Crippen LogP contribution in [0.1, 0.15) is 32.9 Å². The SMILES string of the molecule is CCCc1cc(NC(C(=O)O)C(C)C)ncn1. The van der Waals surface area contributed by atoms with Crippen LogP contribution in [0.25, 0.3) is 0 Å². The van der Waals surface area contributed by atoms with E-state index in [1.165, 1.54) is 6.33 Å². The molecule has 0 aliphatic heterocycles. The van der Waals surface area contributed by atoms with Crippen LogP contribution in [0.3, 0.4) is 0 Å². The zero-order chi connectivity index (χ0) is 12.8. The van der Waals surface area contributed by atoms with Crippen LogP contribution >= 0.6 is 0 Å². The van der Waals surface area contributed by atoms with Gasteiger partial charge in [-0.1, -0.05) is 27.2 Å². The fourth-order valence-corrected chi connectivity index (χ4v) is 1.54. The van der Waals surface area contributed by atoms with Gasteiger partial charge < -0.3 is 10.4 Å². The molecule has 0 bridgehead atoms. The maximum Gasteiger partial charge on any atom is 0.326 e. The van der Waals surface area contributed by atoms with Gasteiger partial charge in [0.2, 0.25) is 0 Å². The second-order valence-electron chi connectivity index (χ2n) is 4.35. The third-order valence-corrected chi connectivity index (χ3v) is 2.47. The molecule has 1 rings (SSSR count). The number of hydrogen-bond donors (Lipinski definition) is 2. The summed E-state index contributed by atoms with van der Waals surface area (Å²) >= 11 is 0. The van der Waals surface area contributed by atoms with Gasteiger partial charge >= 0.3 is 5.97 Å². The van der Waals surface area contributed by atoms with Gasteiger partial charge in [-0.2, -0.15) is 0 Å². The van der Waals surface area contributed by atoms with E-state index in [4.69, 9.17) is 5.11 Å². The molecular weight excluding hydrogens is 218 g/mol. The number of anilines is 1. The molecule has 0 saturated heterocycles. The molecule has 0 amide bonds. The third-order valence-electron chi connectivity index (χ3n) is 2.47. The molecule has 1 unspecified atom stereocenters. The van der Waals surface area contributed by atoms with E-state index in [0.717, 1.165) is 18.5 Å². The molecule has 1 atom stereocenters. The molecule has 1 aromatic rings. The number of carboxylic acids is 1. The van der Waals surface area contributed by atoms with E-state index in [9.17, 15) is 4.79 Å². The number of aromatic nitrogens is 2. The first kappa shape index (κ1) is 13.4. The Hall–Kier alpha value is -1.65. The molecule has 1 aromatic heterocycles. The first-order chi connectivity index (χ1) is 8.04. The lowest BCUT2D eigenvalue weighted by molar-refractivity contribution is -0.138. The largest absolute Gasteiger partial charge is 0.480 e. The van der Waals surface area contributed by atoms with Gasteiger partial charge in [0.05, 0.1) is 0 Å². The van der Waals surface area contributed by atoms with E-state index in [1.54, 1.807) is 0 Å². The number of nitrogens with zero attached hydrogens (tertiary/aromatic N) is 2. The molecule has 0 radical (unpaired) electrons. The molecule has 1 heterocycles. The highest BCUT2D eigenvalue weighted by Gasteiger charge is 2.21. The van der Waals surface area contributed by atoms with E-state index in [0.29, 0.717) is 5.82 Å². The number of aliphatic carboxylic acids is 1. The number of carbonyl (C=O) groups is 1. The van der Waals surface area contributed by atoms with Crippen molar-refractivity contribution < 1.29 is 9.90 Å². The lowest BCUT2D eigenvalue weighted by Gasteiger charge is -2.18. The standard InChI is InChI=1S/C12H19N3O2/c1-4-5-9-6-10(14-7-13-9)15-11(8(2)3)12(16)17/h6-8,11H,4-5H2,1-3H3,(H,16,17)(H,13,14,15). The zero-order valence-corrected chi connectivity index (χ0v) is 10.5. The average Bonchev–Trinajstić information content (AvgIpc) is 2.26. The Balaban J connectivity index is 2.78. The predicted octanol–water partition coefficient (Wildman–Crippen LogP) is 1.95. The minimum absolute atomic E-state index is 0.00269. The lowest BCUT2D eigenvalue weighted by atomic mass is 10.0. The Labute approximate surface area is 101 Å². The van der Waals surface area contributed by atoms with Crippen molar-refractivity contribution in [2.75, 3.05) is 5.32 Å². The van der Waals surface area contributed by atoms with Crippen molar-refractivity contribution in [3.05, 3.63) is 18.1 Å². The number of carboxylic acid groups (broad SMARTS) is 1. The van der Waals surface area contributed by atoms with Crippen LogP contribution in [-0.4, -0.2) is 27.1 Å². The van der Waals surface area contributed by atoms with Crippen LogP contribution in [0.5, 0.6) is 0 Å².